The van der Waals surface area contributed by atoms with Crippen molar-refractivity contribution >= 4 is 11.4 Å². The molecule has 0 fully saturated rings. The van der Waals surface area contributed by atoms with Crippen LogP contribution in [0.2, 0.25) is 0 Å². The van der Waals surface area contributed by atoms with E-state index < -0.39 is 0 Å². The lowest BCUT2D eigenvalue weighted by molar-refractivity contribution is 0.780. The first-order valence-corrected chi connectivity index (χ1v) is 5.92. The molecule has 0 amide bonds. The second-order valence-electron chi connectivity index (χ2n) is 4.26. The molecule has 1 unspecified atom stereocenters. The summed E-state index contributed by atoms with van der Waals surface area (Å²) in [6.45, 7) is 2.17. The van der Waals surface area contributed by atoms with Gasteiger partial charge in [-0.05, 0) is 29.7 Å². The second-order valence-corrected chi connectivity index (χ2v) is 4.26. The van der Waals surface area contributed by atoms with Crippen molar-refractivity contribution in [1.29, 1.82) is 0 Å². The Balaban J connectivity index is 2.42. The van der Waals surface area contributed by atoms with Crippen LogP contribution in [0.1, 0.15) is 30.4 Å². The average Bonchev–Trinajstić information content (AvgIpc) is 2.34. The Morgan fingerprint density at radius 1 is 1.00 bits per heavy atom. The molecule has 0 aliphatic rings. The fraction of sp³-hybridized carbons (Fsp3) is 0.200. The van der Waals surface area contributed by atoms with E-state index in [0.717, 1.165) is 17.7 Å². The number of hydrogen-bond acceptors (Lipinski definition) is 2. The minimum Gasteiger partial charge on any atom is -0.399 e. The molecular formula is C15H18N2. The molecule has 0 spiro atoms. The van der Waals surface area contributed by atoms with E-state index in [-0.39, 0.29) is 0 Å². The second kappa shape index (κ2) is 4.91. The van der Waals surface area contributed by atoms with Gasteiger partial charge in [-0.1, -0.05) is 43.3 Å². The van der Waals surface area contributed by atoms with Gasteiger partial charge in [-0.3, -0.25) is 0 Å². The maximum Gasteiger partial charge on any atom is 0.0373 e. The molecule has 2 heteroatoms. The van der Waals surface area contributed by atoms with E-state index in [1.165, 1.54) is 5.56 Å². The lowest BCUT2D eigenvalue weighted by atomic mass is 9.88. The van der Waals surface area contributed by atoms with Crippen molar-refractivity contribution in [2.45, 2.75) is 19.3 Å². The largest absolute Gasteiger partial charge is 0.399 e. The zero-order valence-corrected chi connectivity index (χ0v) is 10.1. The van der Waals surface area contributed by atoms with Gasteiger partial charge in [-0.2, -0.15) is 0 Å². The summed E-state index contributed by atoms with van der Waals surface area (Å²) in [6.07, 6.45) is 1.03. The van der Waals surface area contributed by atoms with E-state index in [9.17, 15) is 0 Å². The number of rotatable bonds is 3. The molecule has 0 radical (unpaired) electrons. The standard InChI is InChI=1S/C15H18N2/c1-2-13(11-6-4-3-5-7-11)14-9-8-12(16)10-15(14)17/h3-10,13H,2,16-17H2,1H3. The maximum atomic E-state index is 6.06. The van der Waals surface area contributed by atoms with Gasteiger partial charge in [0.2, 0.25) is 0 Å². The Morgan fingerprint density at radius 2 is 1.71 bits per heavy atom. The first-order chi connectivity index (χ1) is 8.22. The Bertz CT molecular complexity index is 492. The first-order valence-electron chi connectivity index (χ1n) is 5.92. The van der Waals surface area contributed by atoms with Gasteiger partial charge in [0.15, 0.2) is 0 Å². The molecule has 1 atom stereocenters. The molecule has 0 aliphatic carbocycles. The van der Waals surface area contributed by atoms with E-state index in [0.29, 0.717) is 11.6 Å². The molecule has 0 aromatic heterocycles. The third kappa shape index (κ3) is 2.41. The molecule has 4 N–H and O–H groups in total. The van der Waals surface area contributed by atoms with Crippen molar-refractivity contribution in [3.63, 3.8) is 0 Å². The summed E-state index contributed by atoms with van der Waals surface area (Å²) in [4.78, 5) is 0. The first kappa shape index (κ1) is 11.5. The number of benzene rings is 2. The van der Waals surface area contributed by atoms with Crippen LogP contribution in [-0.2, 0) is 0 Å². The van der Waals surface area contributed by atoms with Crippen LogP contribution in [0.25, 0.3) is 0 Å². The Kier molecular flexibility index (Phi) is 3.33. The molecule has 2 rings (SSSR count). The van der Waals surface area contributed by atoms with Crippen LogP contribution in [0.4, 0.5) is 11.4 Å². The lowest BCUT2D eigenvalue weighted by Gasteiger charge is -2.18. The van der Waals surface area contributed by atoms with E-state index in [1.807, 2.05) is 24.3 Å². The molecule has 2 aromatic rings. The highest BCUT2D eigenvalue weighted by molar-refractivity contribution is 5.59. The summed E-state index contributed by atoms with van der Waals surface area (Å²) in [7, 11) is 0. The Labute approximate surface area is 102 Å². The van der Waals surface area contributed by atoms with Gasteiger partial charge < -0.3 is 11.5 Å². The van der Waals surface area contributed by atoms with Gasteiger partial charge >= 0.3 is 0 Å². The minimum atomic E-state index is 0.344. The number of anilines is 2. The monoisotopic (exact) mass is 226 g/mol. The average molecular weight is 226 g/mol. The molecule has 88 valence electrons. The summed E-state index contributed by atoms with van der Waals surface area (Å²) in [5.74, 6) is 0.344. The third-order valence-corrected chi connectivity index (χ3v) is 3.10. The summed E-state index contributed by atoms with van der Waals surface area (Å²) < 4.78 is 0. The molecule has 2 nitrogen and oxygen atoms in total. The van der Waals surface area contributed by atoms with E-state index in [2.05, 4.69) is 31.2 Å². The van der Waals surface area contributed by atoms with Crippen LogP contribution >= 0.6 is 0 Å². The SMILES string of the molecule is CCC(c1ccccc1)c1ccc(N)cc1N. The molecule has 0 saturated carbocycles. The van der Waals surface area contributed by atoms with Crippen molar-refractivity contribution in [1.82, 2.24) is 0 Å². The predicted molar refractivity (Wildman–Crippen MR) is 73.8 cm³/mol. The number of hydrogen-bond donors (Lipinski definition) is 2. The third-order valence-electron chi connectivity index (χ3n) is 3.10. The fourth-order valence-electron chi connectivity index (χ4n) is 2.23. The highest BCUT2D eigenvalue weighted by Gasteiger charge is 2.14. The van der Waals surface area contributed by atoms with Crippen LogP contribution in [0.3, 0.4) is 0 Å². The molecule has 0 aliphatic heterocycles. The van der Waals surface area contributed by atoms with Gasteiger partial charge in [-0.25, -0.2) is 0 Å². The maximum absolute atomic E-state index is 6.06. The Morgan fingerprint density at radius 3 is 2.29 bits per heavy atom. The molecule has 2 aromatic carbocycles. The van der Waals surface area contributed by atoms with Crippen molar-refractivity contribution in [2.24, 2.45) is 0 Å². The topological polar surface area (TPSA) is 52.0 Å². The Hall–Kier alpha value is -1.96. The number of nitrogens with two attached hydrogens (primary N) is 2. The highest BCUT2D eigenvalue weighted by Crippen LogP contribution is 2.32. The van der Waals surface area contributed by atoms with Crippen LogP contribution in [-0.4, -0.2) is 0 Å². The normalized spacial score (nSPS) is 12.3. The van der Waals surface area contributed by atoms with Gasteiger partial charge in [-0.15, -0.1) is 0 Å². The highest BCUT2D eigenvalue weighted by atomic mass is 14.6. The predicted octanol–water partition coefficient (Wildman–Crippen LogP) is 3.39. The van der Waals surface area contributed by atoms with Crippen molar-refractivity contribution < 1.29 is 0 Å². The smallest absolute Gasteiger partial charge is 0.0373 e. The summed E-state index contributed by atoms with van der Waals surface area (Å²) >= 11 is 0. The lowest BCUT2D eigenvalue weighted by Crippen LogP contribution is -2.04. The van der Waals surface area contributed by atoms with Gasteiger partial charge in [0, 0.05) is 17.3 Å². The van der Waals surface area contributed by atoms with Crippen molar-refractivity contribution in [2.75, 3.05) is 11.5 Å². The summed E-state index contributed by atoms with van der Waals surface area (Å²) in [5, 5.41) is 0. The summed E-state index contributed by atoms with van der Waals surface area (Å²) in [6, 6.07) is 16.2. The van der Waals surface area contributed by atoms with Crippen LogP contribution in [0, 0.1) is 0 Å². The quantitative estimate of drug-likeness (QED) is 0.788. The molecule has 0 heterocycles. The zero-order valence-electron chi connectivity index (χ0n) is 10.1. The minimum absolute atomic E-state index is 0.344. The molecule has 17 heavy (non-hydrogen) atoms. The molecular weight excluding hydrogens is 208 g/mol. The number of nitrogen functional groups attached to an aromatic ring is 2. The van der Waals surface area contributed by atoms with Crippen LogP contribution in [0.5, 0.6) is 0 Å². The fourth-order valence-corrected chi connectivity index (χ4v) is 2.23. The van der Waals surface area contributed by atoms with Crippen molar-refractivity contribution in [3.8, 4) is 0 Å². The van der Waals surface area contributed by atoms with Gasteiger partial charge in [0.1, 0.15) is 0 Å². The van der Waals surface area contributed by atoms with E-state index in [1.54, 1.807) is 0 Å². The van der Waals surface area contributed by atoms with E-state index in [4.69, 9.17) is 11.5 Å². The van der Waals surface area contributed by atoms with Gasteiger partial charge in [0.05, 0.1) is 0 Å². The zero-order chi connectivity index (χ0) is 12.3. The van der Waals surface area contributed by atoms with Gasteiger partial charge in [0.25, 0.3) is 0 Å². The van der Waals surface area contributed by atoms with Crippen molar-refractivity contribution in [3.05, 3.63) is 59.7 Å². The molecule has 0 saturated heterocycles. The van der Waals surface area contributed by atoms with Crippen LogP contribution < -0.4 is 11.5 Å². The molecule has 0 bridgehead atoms. The van der Waals surface area contributed by atoms with Crippen LogP contribution in [0.15, 0.2) is 48.5 Å². The summed E-state index contributed by atoms with van der Waals surface area (Å²) in [5.41, 5.74) is 15.7. The van der Waals surface area contributed by atoms with E-state index >= 15 is 0 Å².